The summed E-state index contributed by atoms with van der Waals surface area (Å²) in [6.07, 6.45) is 0. The highest BCUT2D eigenvalue weighted by molar-refractivity contribution is 6.73. The smallest absolute Gasteiger partial charge is 0.0892 e. The summed E-state index contributed by atoms with van der Waals surface area (Å²) in [4.78, 5) is 0. The molecule has 1 nitrogen and oxygen atoms in total. The first kappa shape index (κ1) is 48.1. The number of aromatic nitrogens is 1. The molecule has 17 rings (SSSR count). The molecule has 0 spiro atoms. The van der Waals surface area contributed by atoms with Crippen LogP contribution in [0.2, 0.25) is 0 Å². The number of hydrogen-bond acceptors (Lipinski definition) is 0. The minimum atomic E-state index is -0.701. The largest absolute Gasteiger partial charge is 0.309 e. The van der Waals surface area contributed by atoms with Gasteiger partial charge in [-0.2, -0.15) is 0 Å². The molecule has 0 amide bonds. The van der Waals surface area contributed by atoms with E-state index in [-0.39, 0.29) is 0 Å². The normalized spacial score (nSPS) is 12.3. The van der Waals surface area contributed by atoms with Crippen LogP contribution >= 0.6 is 0 Å². The van der Waals surface area contributed by atoms with Crippen LogP contribution < -0.4 is 10.4 Å². The van der Waals surface area contributed by atoms with Gasteiger partial charge < -0.3 is 4.57 Å². The Balaban J connectivity index is 0.713. The zero-order valence-corrected chi connectivity index (χ0v) is 47.5. The molecule has 0 saturated carbocycles. The van der Waals surface area contributed by atoms with Crippen LogP contribution in [-0.4, -0.2) is 14.1 Å². The van der Waals surface area contributed by atoms with Crippen LogP contribution in [0.4, 0.5) is 0 Å². The van der Waals surface area contributed by atoms with Crippen LogP contribution in [-0.2, 0) is 0 Å². The van der Waals surface area contributed by atoms with Gasteiger partial charge in [0, 0.05) is 16.5 Å². The molecule has 390 valence electrons. The van der Waals surface area contributed by atoms with Gasteiger partial charge in [-0.05, 0) is 181 Å². The van der Waals surface area contributed by atoms with Gasteiger partial charge in [-0.3, -0.25) is 0 Å². The Morgan fingerprint density at radius 3 is 1.00 bits per heavy atom. The molecule has 1 aliphatic heterocycles. The fourth-order valence-electron chi connectivity index (χ4n) is 13.8. The van der Waals surface area contributed by atoms with Crippen LogP contribution in [0, 0.1) is 0 Å². The van der Waals surface area contributed by atoms with Gasteiger partial charge in [0.1, 0.15) is 0 Å². The number of hydrogen-bond donors (Lipinski definition) is 0. The maximum absolute atomic E-state index is 2.51. The molecular formula is C82H53NSi. The molecule has 16 aromatic rings. The maximum Gasteiger partial charge on any atom is 0.0892 e. The molecule has 0 atom stereocenters. The summed E-state index contributed by atoms with van der Waals surface area (Å²) in [5, 5.41) is 15.8. The number of fused-ring (bicyclic) bond motifs is 12. The summed E-state index contributed by atoms with van der Waals surface area (Å²) in [6.45, 7) is 0. The van der Waals surface area contributed by atoms with E-state index in [4.69, 9.17) is 0 Å². The van der Waals surface area contributed by atoms with Crippen LogP contribution in [0.15, 0.2) is 309 Å². The monoisotopic (exact) mass is 1080 g/mol. The zero-order valence-electron chi connectivity index (χ0n) is 46.1. The van der Waals surface area contributed by atoms with Gasteiger partial charge in [0.25, 0.3) is 0 Å². The highest BCUT2D eigenvalue weighted by Gasteiger charge is 2.23. The van der Waals surface area contributed by atoms with E-state index in [1.165, 1.54) is 170 Å². The average molecular weight is 1080 g/mol. The van der Waals surface area contributed by atoms with E-state index >= 15 is 0 Å². The SMILES string of the molecule is c1ccc(-c2ccc3c(c2)[SiH2]c2cc(-n4c5ccc(-c6ccc(-c7ccc(-c8cc9ccccc9c9ccccc89)cc7)cc6)cc5c5cc(-c6ccc(-c7ccc(-c8cc9ccccc9c9ccccc89)cc7)cc6)ccc54)ccc2-3)cc1. The molecule has 0 radical (unpaired) electrons. The van der Waals surface area contributed by atoms with Crippen molar-refractivity contribution in [1.82, 2.24) is 4.57 Å². The minimum Gasteiger partial charge on any atom is -0.309 e. The summed E-state index contributed by atoms with van der Waals surface area (Å²) < 4.78 is 2.51. The third kappa shape index (κ3) is 8.06. The van der Waals surface area contributed by atoms with E-state index in [2.05, 4.69) is 314 Å². The molecule has 0 N–H and O–H groups in total. The van der Waals surface area contributed by atoms with E-state index in [1.807, 2.05) is 0 Å². The lowest BCUT2D eigenvalue weighted by Gasteiger charge is -2.12. The van der Waals surface area contributed by atoms with Gasteiger partial charge in [0.2, 0.25) is 0 Å². The molecule has 15 aromatic carbocycles. The van der Waals surface area contributed by atoms with Crippen molar-refractivity contribution in [2.75, 3.05) is 0 Å². The van der Waals surface area contributed by atoms with Crippen molar-refractivity contribution in [2.24, 2.45) is 0 Å². The van der Waals surface area contributed by atoms with E-state index < -0.39 is 9.52 Å². The lowest BCUT2D eigenvalue weighted by molar-refractivity contribution is 1.18. The Morgan fingerprint density at radius 1 is 0.190 bits per heavy atom. The Morgan fingerprint density at radius 2 is 0.524 bits per heavy atom. The second kappa shape index (κ2) is 19.5. The van der Waals surface area contributed by atoms with Crippen molar-refractivity contribution in [3.63, 3.8) is 0 Å². The summed E-state index contributed by atoms with van der Waals surface area (Å²) >= 11 is 0. The van der Waals surface area contributed by atoms with Crippen LogP contribution in [0.25, 0.3) is 160 Å². The molecule has 2 heterocycles. The van der Waals surface area contributed by atoms with E-state index in [9.17, 15) is 0 Å². The number of nitrogens with zero attached hydrogens (tertiary/aromatic N) is 1. The molecule has 0 unspecified atom stereocenters. The molecule has 1 aliphatic rings. The van der Waals surface area contributed by atoms with Gasteiger partial charge in [-0.25, -0.2) is 0 Å². The van der Waals surface area contributed by atoms with E-state index in [0.29, 0.717) is 0 Å². The minimum absolute atomic E-state index is 0.701. The zero-order chi connectivity index (χ0) is 55.2. The number of rotatable bonds is 8. The fourth-order valence-corrected chi connectivity index (χ4v) is 15.8. The molecule has 0 saturated heterocycles. The van der Waals surface area contributed by atoms with Crippen LogP contribution in [0.1, 0.15) is 0 Å². The fraction of sp³-hybridized carbons (Fsp3) is 0. The van der Waals surface area contributed by atoms with Crippen molar-refractivity contribution in [2.45, 2.75) is 0 Å². The molecule has 84 heavy (non-hydrogen) atoms. The van der Waals surface area contributed by atoms with E-state index in [0.717, 1.165) is 0 Å². The first-order valence-corrected chi connectivity index (χ1v) is 30.7. The molecule has 0 aliphatic carbocycles. The summed E-state index contributed by atoms with van der Waals surface area (Å²) in [6, 6.07) is 115. The first-order chi connectivity index (χ1) is 41.6. The Bertz CT molecular complexity index is 5020. The van der Waals surface area contributed by atoms with E-state index in [1.54, 1.807) is 0 Å². The second-order valence-corrected chi connectivity index (χ2v) is 24.6. The Labute approximate surface area is 490 Å². The van der Waals surface area contributed by atoms with Crippen molar-refractivity contribution in [1.29, 1.82) is 0 Å². The maximum atomic E-state index is 2.51. The predicted molar refractivity (Wildman–Crippen MR) is 362 cm³/mol. The first-order valence-electron chi connectivity index (χ1n) is 29.2. The quantitative estimate of drug-likeness (QED) is 0.106. The molecule has 0 fully saturated rings. The third-order valence-electron chi connectivity index (χ3n) is 18.0. The van der Waals surface area contributed by atoms with Crippen LogP contribution in [0.5, 0.6) is 0 Å². The summed E-state index contributed by atoms with van der Waals surface area (Å²) in [5.74, 6) is 0. The number of benzene rings is 15. The average Bonchev–Trinajstić information content (AvgIpc) is 2.51. The van der Waals surface area contributed by atoms with Gasteiger partial charge in [0.05, 0.1) is 20.6 Å². The van der Waals surface area contributed by atoms with Gasteiger partial charge in [-0.1, -0.05) is 271 Å². The lowest BCUT2D eigenvalue weighted by Crippen LogP contribution is -2.21. The summed E-state index contributed by atoms with van der Waals surface area (Å²) in [7, 11) is -0.701. The van der Waals surface area contributed by atoms with Gasteiger partial charge in [0.15, 0.2) is 0 Å². The third-order valence-corrected chi connectivity index (χ3v) is 20.0. The van der Waals surface area contributed by atoms with Gasteiger partial charge in [-0.15, -0.1) is 0 Å². The van der Waals surface area contributed by atoms with Crippen LogP contribution in [0.3, 0.4) is 0 Å². The highest BCUT2D eigenvalue weighted by Crippen LogP contribution is 2.41. The molecule has 2 heteroatoms. The second-order valence-electron chi connectivity index (χ2n) is 22.7. The summed E-state index contributed by atoms with van der Waals surface area (Å²) in [5.41, 5.74) is 23.6. The standard InChI is InChI=1S/C82H53NSi/c1-2-12-52(13-3-1)63-38-42-73-74-43-41-66(51-82(74)84-81(73)50-63)83-79-44-39-61(57-26-22-53(23-27-57)55-30-34-59(35-31-55)75-48-64-14-4-6-16-67(64)69-18-8-10-20-71(69)75)46-77(79)78-47-62(40-45-80(78)83)58-28-24-54(25-29-58)56-32-36-60(37-33-56)76-49-65-15-5-7-17-68(65)70-19-9-11-21-72(70)76/h1-51H,84H2. The topological polar surface area (TPSA) is 4.93 Å². The molecule has 1 aromatic heterocycles. The molecule has 0 bridgehead atoms. The van der Waals surface area contributed by atoms with Crippen molar-refractivity contribution < 1.29 is 0 Å². The highest BCUT2D eigenvalue weighted by atomic mass is 28.2. The predicted octanol–water partition coefficient (Wildman–Crippen LogP) is 20.2. The lowest BCUT2D eigenvalue weighted by atomic mass is 9.92. The molecular weight excluding hydrogens is 1030 g/mol. The Hall–Kier alpha value is -10.6. The van der Waals surface area contributed by atoms with Gasteiger partial charge >= 0.3 is 0 Å². The van der Waals surface area contributed by atoms with Crippen molar-refractivity contribution in [3.8, 4) is 94.7 Å². The van der Waals surface area contributed by atoms with Crippen molar-refractivity contribution >= 4 is 84.8 Å². The Kier molecular flexibility index (Phi) is 11.2. The van der Waals surface area contributed by atoms with Crippen molar-refractivity contribution in [3.05, 3.63) is 309 Å².